The monoisotopic (exact) mass is 321 g/mol. The Kier molecular flexibility index (Phi) is 4.87. The van der Waals surface area contributed by atoms with E-state index in [0.717, 1.165) is 10.9 Å². The molecule has 0 saturated heterocycles. The molecule has 0 heterocycles. The van der Waals surface area contributed by atoms with Crippen molar-refractivity contribution >= 4 is 27.7 Å². The highest BCUT2D eigenvalue weighted by Crippen LogP contribution is 2.32. The first-order valence-electron chi connectivity index (χ1n) is 5.92. The second-order valence-corrected chi connectivity index (χ2v) is 6.24. The van der Waals surface area contributed by atoms with Gasteiger partial charge in [-0.25, -0.2) is 0 Å². The molecule has 2 aromatic rings. The number of hydrogen-bond donors (Lipinski definition) is 1. The van der Waals surface area contributed by atoms with Crippen molar-refractivity contribution in [1.82, 2.24) is 0 Å². The minimum atomic E-state index is 0.678. The van der Waals surface area contributed by atoms with Crippen LogP contribution in [0, 0.1) is 6.92 Å². The summed E-state index contributed by atoms with van der Waals surface area (Å²) in [5.74, 6) is 0. The molecule has 0 aliphatic rings. The smallest absolute Gasteiger partial charge is 0.0178 e. The van der Waals surface area contributed by atoms with Crippen LogP contribution >= 0.6 is 27.7 Å². The standard InChI is InChI=1S/C15H16BrNS/c1-11-3-2-4-14(9-11)18-15-6-5-13(16)10-12(15)7-8-17/h2-6,9-10H,7-8,17H2,1H3. The van der Waals surface area contributed by atoms with Gasteiger partial charge in [-0.3, -0.25) is 0 Å². The number of hydrogen-bond acceptors (Lipinski definition) is 2. The van der Waals surface area contributed by atoms with Crippen molar-refractivity contribution in [1.29, 1.82) is 0 Å². The first-order chi connectivity index (χ1) is 8.69. The van der Waals surface area contributed by atoms with Gasteiger partial charge in [-0.1, -0.05) is 45.4 Å². The maximum absolute atomic E-state index is 5.67. The molecule has 0 aliphatic heterocycles. The lowest BCUT2D eigenvalue weighted by molar-refractivity contribution is 0.943. The summed E-state index contributed by atoms with van der Waals surface area (Å²) in [7, 11) is 0. The third kappa shape index (κ3) is 3.61. The highest BCUT2D eigenvalue weighted by Gasteiger charge is 2.05. The van der Waals surface area contributed by atoms with Crippen LogP contribution in [0.2, 0.25) is 0 Å². The van der Waals surface area contributed by atoms with Crippen LogP contribution in [0.4, 0.5) is 0 Å². The molecule has 3 heteroatoms. The zero-order chi connectivity index (χ0) is 13.0. The normalized spacial score (nSPS) is 10.6. The lowest BCUT2D eigenvalue weighted by Crippen LogP contribution is -2.03. The Bertz CT molecular complexity index is 540. The molecule has 0 spiro atoms. The second-order valence-electron chi connectivity index (χ2n) is 4.21. The van der Waals surface area contributed by atoms with E-state index in [1.165, 1.54) is 20.9 Å². The third-order valence-corrected chi connectivity index (χ3v) is 4.25. The van der Waals surface area contributed by atoms with Gasteiger partial charge in [-0.15, -0.1) is 0 Å². The van der Waals surface area contributed by atoms with Crippen LogP contribution in [-0.2, 0) is 6.42 Å². The van der Waals surface area contributed by atoms with E-state index < -0.39 is 0 Å². The minimum Gasteiger partial charge on any atom is -0.330 e. The van der Waals surface area contributed by atoms with Gasteiger partial charge >= 0.3 is 0 Å². The highest BCUT2D eigenvalue weighted by molar-refractivity contribution is 9.10. The summed E-state index contributed by atoms with van der Waals surface area (Å²) in [4.78, 5) is 2.56. The molecule has 2 N–H and O–H groups in total. The molecule has 94 valence electrons. The van der Waals surface area contributed by atoms with Crippen molar-refractivity contribution < 1.29 is 0 Å². The molecular formula is C15H16BrNS. The third-order valence-electron chi connectivity index (χ3n) is 2.65. The number of nitrogens with two attached hydrogens (primary N) is 1. The van der Waals surface area contributed by atoms with Gasteiger partial charge in [0, 0.05) is 14.3 Å². The van der Waals surface area contributed by atoms with Crippen molar-refractivity contribution in [3.63, 3.8) is 0 Å². The first-order valence-corrected chi connectivity index (χ1v) is 7.53. The molecule has 0 fully saturated rings. The number of rotatable bonds is 4. The van der Waals surface area contributed by atoms with Crippen molar-refractivity contribution in [2.24, 2.45) is 5.73 Å². The highest BCUT2D eigenvalue weighted by atomic mass is 79.9. The van der Waals surface area contributed by atoms with Gasteiger partial charge in [0.1, 0.15) is 0 Å². The molecule has 0 saturated carbocycles. The predicted octanol–water partition coefficient (Wildman–Crippen LogP) is 4.41. The quantitative estimate of drug-likeness (QED) is 0.902. The van der Waals surface area contributed by atoms with Crippen LogP contribution in [-0.4, -0.2) is 6.54 Å². The molecule has 18 heavy (non-hydrogen) atoms. The fourth-order valence-electron chi connectivity index (χ4n) is 1.80. The van der Waals surface area contributed by atoms with Crippen LogP contribution in [0.25, 0.3) is 0 Å². The summed E-state index contributed by atoms with van der Waals surface area (Å²) in [6, 6.07) is 15.0. The fourth-order valence-corrected chi connectivity index (χ4v) is 3.29. The van der Waals surface area contributed by atoms with Crippen LogP contribution in [0.5, 0.6) is 0 Å². The zero-order valence-corrected chi connectivity index (χ0v) is 12.7. The van der Waals surface area contributed by atoms with E-state index in [0.29, 0.717) is 6.54 Å². The molecule has 2 rings (SSSR count). The molecule has 0 radical (unpaired) electrons. The lowest BCUT2D eigenvalue weighted by Gasteiger charge is -2.09. The Hall–Kier alpha value is -0.770. The summed E-state index contributed by atoms with van der Waals surface area (Å²) in [5, 5.41) is 0. The average molecular weight is 322 g/mol. The Morgan fingerprint density at radius 2 is 2.00 bits per heavy atom. The van der Waals surface area contributed by atoms with E-state index in [1.54, 1.807) is 11.8 Å². The molecule has 0 unspecified atom stereocenters. The van der Waals surface area contributed by atoms with Crippen LogP contribution in [0.1, 0.15) is 11.1 Å². The van der Waals surface area contributed by atoms with E-state index in [2.05, 4.69) is 65.3 Å². The van der Waals surface area contributed by atoms with E-state index in [4.69, 9.17) is 5.73 Å². The summed E-state index contributed by atoms with van der Waals surface area (Å²) in [5.41, 5.74) is 8.27. The van der Waals surface area contributed by atoms with E-state index in [9.17, 15) is 0 Å². The predicted molar refractivity (Wildman–Crippen MR) is 82.2 cm³/mol. The van der Waals surface area contributed by atoms with Gasteiger partial charge in [0.05, 0.1) is 0 Å². The molecule has 1 nitrogen and oxygen atoms in total. The maximum Gasteiger partial charge on any atom is 0.0178 e. The maximum atomic E-state index is 5.67. The molecule has 2 aromatic carbocycles. The zero-order valence-electron chi connectivity index (χ0n) is 10.3. The average Bonchev–Trinajstić information content (AvgIpc) is 2.33. The minimum absolute atomic E-state index is 0.678. The van der Waals surface area contributed by atoms with Gasteiger partial charge in [-0.05, 0) is 55.8 Å². The SMILES string of the molecule is Cc1cccc(Sc2ccc(Br)cc2CCN)c1. The molecule has 0 amide bonds. The van der Waals surface area contributed by atoms with Gasteiger partial charge < -0.3 is 5.73 Å². The summed E-state index contributed by atoms with van der Waals surface area (Å²) in [6.07, 6.45) is 0.910. The number of halogens is 1. The Labute approximate surface area is 121 Å². The van der Waals surface area contributed by atoms with E-state index in [-0.39, 0.29) is 0 Å². The van der Waals surface area contributed by atoms with E-state index >= 15 is 0 Å². The number of benzene rings is 2. The number of aryl methyl sites for hydroxylation is 1. The van der Waals surface area contributed by atoms with E-state index in [1.807, 2.05) is 0 Å². The summed E-state index contributed by atoms with van der Waals surface area (Å²) < 4.78 is 1.11. The molecule has 0 bridgehead atoms. The topological polar surface area (TPSA) is 26.0 Å². The van der Waals surface area contributed by atoms with Crippen LogP contribution in [0.3, 0.4) is 0 Å². The van der Waals surface area contributed by atoms with Gasteiger partial charge in [0.25, 0.3) is 0 Å². The van der Waals surface area contributed by atoms with Gasteiger partial charge in [0.15, 0.2) is 0 Å². The molecule has 0 aromatic heterocycles. The van der Waals surface area contributed by atoms with Gasteiger partial charge in [0.2, 0.25) is 0 Å². The Balaban J connectivity index is 2.28. The first kappa shape index (κ1) is 13.7. The van der Waals surface area contributed by atoms with Crippen LogP contribution in [0.15, 0.2) is 56.7 Å². The van der Waals surface area contributed by atoms with Crippen molar-refractivity contribution in [2.45, 2.75) is 23.1 Å². The summed E-state index contributed by atoms with van der Waals surface area (Å²) >= 11 is 5.31. The second kappa shape index (κ2) is 6.41. The Morgan fingerprint density at radius 3 is 2.72 bits per heavy atom. The fraction of sp³-hybridized carbons (Fsp3) is 0.200. The van der Waals surface area contributed by atoms with Crippen molar-refractivity contribution in [3.05, 3.63) is 58.1 Å². The van der Waals surface area contributed by atoms with Crippen LogP contribution < -0.4 is 5.73 Å². The molecule has 0 aliphatic carbocycles. The van der Waals surface area contributed by atoms with Gasteiger partial charge in [-0.2, -0.15) is 0 Å². The Morgan fingerprint density at radius 1 is 1.17 bits per heavy atom. The van der Waals surface area contributed by atoms with Crippen molar-refractivity contribution in [2.75, 3.05) is 6.54 Å². The largest absolute Gasteiger partial charge is 0.330 e. The molecule has 0 atom stereocenters. The van der Waals surface area contributed by atoms with Crippen molar-refractivity contribution in [3.8, 4) is 0 Å². The lowest BCUT2D eigenvalue weighted by atomic mass is 10.1. The molecular weight excluding hydrogens is 306 g/mol. The summed E-state index contributed by atoms with van der Waals surface area (Å²) in [6.45, 7) is 2.80.